The Morgan fingerprint density at radius 3 is 2.56 bits per heavy atom. The van der Waals surface area contributed by atoms with Gasteiger partial charge >= 0.3 is 5.97 Å². The Morgan fingerprint density at radius 2 is 2.00 bits per heavy atom. The molecule has 0 atom stereocenters. The van der Waals surface area contributed by atoms with Crippen LogP contribution in [0.3, 0.4) is 0 Å². The highest BCUT2D eigenvalue weighted by atomic mass is 127. The maximum absolute atomic E-state index is 11.2. The molecule has 1 N–H and O–H groups in total. The van der Waals surface area contributed by atoms with Gasteiger partial charge in [-0.3, -0.25) is 10.1 Å². The molecule has 92 valence electrons. The van der Waals surface area contributed by atoms with Crippen LogP contribution >= 0.6 is 23.0 Å². The molecule has 0 aromatic heterocycles. The van der Waals surface area contributed by atoms with Gasteiger partial charge in [0.2, 0.25) is 0 Å². The van der Waals surface area contributed by atoms with Crippen molar-refractivity contribution in [2.75, 3.05) is 0 Å². The molecule has 0 aliphatic carbocycles. The van der Waals surface area contributed by atoms with E-state index in [1.54, 1.807) is 23.0 Å². The van der Waals surface area contributed by atoms with Gasteiger partial charge in [0, 0.05) is 11.5 Å². The molecule has 0 aliphatic rings. The lowest BCUT2D eigenvalue weighted by molar-refractivity contribution is -0.383. The molecule has 0 heterocycles. The normalized spacial score (nSPS) is 10.3. The van der Waals surface area contributed by atoms with Crippen LogP contribution in [0.1, 0.15) is 10.4 Å². The van der Waals surface area contributed by atoms with Gasteiger partial charge in [0.25, 0.3) is 5.69 Å². The highest BCUT2D eigenvalue weighted by Crippen LogP contribution is 2.33. The predicted molar refractivity (Wildman–Crippen MR) is 72.2 cm³/mol. The van der Waals surface area contributed by atoms with E-state index in [2.05, 4.69) is 0 Å². The zero-order valence-corrected chi connectivity index (χ0v) is 10.9. The van der Waals surface area contributed by atoms with Gasteiger partial charge in [-0.05, 0) is 12.1 Å². The monoisotopic (exact) mass is 359 g/mol. The fourth-order valence-corrected chi connectivity index (χ4v) is 2.13. The number of hydrogen-bond acceptors (Lipinski definition) is 4. The van der Waals surface area contributed by atoms with E-state index >= 15 is 0 Å². The van der Waals surface area contributed by atoms with Gasteiger partial charge in [-0.2, -0.15) is 0 Å². The van der Waals surface area contributed by atoms with Crippen molar-refractivity contribution in [2.45, 2.75) is 0 Å². The van der Waals surface area contributed by atoms with Crippen LogP contribution in [0.2, 0.25) is 0 Å². The minimum atomic E-state index is -1.19. The third-order valence-electron chi connectivity index (χ3n) is 2.49. The fourth-order valence-electron chi connectivity index (χ4n) is 1.77. The van der Waals surface area contributed by atoms with Gasteiger partial charge in [-0.15, -0.1) is 0 Å². The van der Waals surface area contributed by atoms with Crippen LogP contribution in [0.4, 0.5) is 5.69 Å². The largest absolute Gasteiger partial charge is 0.478 e. The third-order valence-corrected chi connectivity index (χ3v) is 2.97. The van der Waals surface area contributed by atoms with Crippen LogP contribution in [0.25, 0.3) is 10.8 Å². The SMILES string of the molecule is O=C(O)c1c(OI)ccc2c([N+](=O)[O-])cccc12. The second kappa shape index (κ2) is 4.77. The molecule has 0 saturated carbocycles. The molecule has 0 spiro atoms. The van der Waals surface area contributed by atoms with Crippen LogP contribution in [-0.4, -0.2) is 16.0 Å². The first-order chi connectivity index (χ1) is 8.56. The summed E-state index contributed by atoms with van der Waals surface area (Å²) in [6.07, 6.45) is 0. The van der Waals surface area contributed by atoms with Crippen molar-refractivity contribution in [1.82, 2.24) is 0 Å². The smallest absolute Gasteiger partial charge is 0.340 e. The number of nitrogens with zero attached hydrogens (tertiary/aromatic N) is 1. The lowest BCUT2D eigenvalue weighted by Gasteiger charge is -2.07. The number of rotatable bonds is 3. The number of benzene rings is 2. The van der Waals surface area contributed by atoms with Crippen molar-refractivity contribution in [1.29, 1.82) is 0 Å². The summed E-state index contributed by atoms with van der Waals surface area (Å²) in [5.74, 6) is -1.02. The van der Waals surface area contributed by atoms with Crippen molar-refractivity contribution >= 4 is 45.4 Å². The molecule has 0 aliphatic heterocycles. The Morgan fingerprint density at radius 1 is 1.28 bits per heavy atom. The third kappa shape index (κ3) is 1.96. The van der Waals surface area contributed by atoms with Crippen LogP contribution in [0.15, 0.2) is 30.3 Å². The summed E-state index contributed by atoms with van der Waals surface area (Å²) in [7, 11) is 0. The average Bonchev–Trinajstić information content (AvgIpc) is 2.35. The number of carboxylic acid groups (broad SMARTS) is 1. The Bertz CT molecular complexity index is 655. The molecule has 6 nitrogen and oxygen atoms in total. The summed E-state index contributed by atoms with van der Waals surface area (Å²) in [4.78, 5) is 21.6. The molecular weight excluding hydrogens is 353 g/mol. The minimum absolute atomic E-state index is 0.0781. The standard InChI is InChI=1S/C11H6INO5/c12-18-9-5-4-6-7(10(9)11(14)15)2-1-3-8(6)13(16)17/h1-5H,(H,14,15). The summed E-state index contributed by atoms with van der Waals surface area (Å²) >= 11 is 1.57. The quantitative estimate of drug-likeness (QED) is 0.517. The molecule has 0 bridgehead atoms. The van der Waals surface area contributed by atoms with Gasteiger partial charge in [0.1, 0.15) is 11.3 Å². The van der Waals surface area contributed by atoms with E-state index in [-0.39, 0.29) is 27.8 Å². The zero-order valence-electron chi connectivity index (χ0n) is 8.79. The highest BCUT2D eigenvalue weighted by molar-refractivity contribution is 14.1. The summed E-state index contributed by atoms with van der Waals surface area (Å²) in [6, 6.07) is 7.19. The van der Waals surface area contributed by atoms with E-state index in [4.69, 9.17) is 3.07 Å². The van der Waals surface area contributed by atoms with Gasteiger partial charge in [-0.25, -0.2) is 4.79 Å². The van der Waals surface area contributed by atoms with Crippen molar-refractivity contribution in [3.63, 3.8) is 0 Å². The molecule has 2 aromatic carbocycles. The topological polar surface area (TPSA) is 89.7 Å². The van der Waals surface area contributed by atoms with Gasteiger partial charge < -0.3 is 8.17 Å². The number of aromatic carboxylic acids is 1. The molecule has 0 saturated heterocycles. The van der Waals surface area contributed by atoms with Gasteiger partial charge in [0.15, 0.2) is 23.0 Å². The molecule has 7 heteroatoms. The first-order valence-electron chi connectivity index (χ1n) is 4.78. The number of fused-ring (bicyclic) bond motifs is 1. The van der Waals surface area contributed by atoms with E-state index in [0.29, 0.717) is 0 Å². The van der Waals surface area contributed by atoms with Crippen LogP contribution in [0.5, 0.6) is 5.75 Å². The second-order valence-electron chi connectivity index (χ2n) is 3.45. The number of carboxylic acids is 1. The average molecular weight is 359 g/mol. The molecule has 0 radical (unpaired) electrons. The summed E-state index contributed by atoms with van der Waals surface area (Å²) in [6.45, 7) is 0. The molecule has 2 rings (SSSR count). The highest BCUT2D eigenvalue weighted by Gasteiger charge is 2.20. The Balaban J connectivity index is 2.90. The molecular formula is C11H6INO5. The minimum Gasteiger partial charge on any atom is -0.478 e. The number of nitro groups is 1. The second-order valence-corrected chi connectivity index (χ2v) is 3.89. The van der Waals surface area contributed by atoms with Crippen LogP contribution in [-0.2, 0) is 0 Å². The molecule has 0 fully saturated rings. The molecule has 18 heavy (non-hydrogen) atoms. The predicted octanol–water partition coefficient (Wildman–Crippen LogP) is 3.18. The van der Waals surface area contributed by atoms with E-state index in [1.165, 1.54) is 30.3 Å². The van der Waals surface area contributed by atoms with Crippen molar-refractivity contribution in [3.05, 3.63) is 46.0 Å². The van der Waals surface area contributed by atoms with Crippen molar-refractivity contribution in [3.8, 4) is 5.75 Å². The summed E-state index contributed by atoms with van der Waals surface area (Å²) in [5.41, 5.74) is -0.208. The number of nitro benzene ring substituents is 1. The van der Waals surface area contributed by atoms with Gasteiger partial charge in [0.05, 0.1) is 10.3 Å². The first-order valence-corrected chi connectivity index (χ1v) is 5.66. The van der Waals surface area contributed by atoms with Crippen molar-refractivity contribution < 1.29 is 17.9 Å². The van der Waals surface area contributed by atoms with E-state index in [1.807, 2.05) is 0 Å². The zero-order chi connectivity index (χ0) is 13.3. The number of carbonyl (C=O) groups is 1. The van der Waals surface area contributed by atoms with Gasteiger partial charge in [-0.1, -0.05) is 12.1 Å². The lowest BCUT2D eigenvalue weighted by atomic mass is 10.0. The fraction of sp³-hybridized carbons (Fsp3) is 0. The van der Waals surface area contributed by atoms with Crippen LogP contribution < -0.4 is 3.07 Å². The maximum atomic E-state index is 11.2. The lowest BCUT2D eigenvalue weighted by Crippen LogP contribution is -2.01. The maximum Gasteiger partial charge on any atom is 0.340 e. The number of non-ortho nitro benzene ring substituents is 1. The molecule has 0 unspecified atom stereocenters. The first kappa shape index (κ1) is 12.6. The van der Waals surface area contributed by atoms with E-state index in [9.17, 15) is 20.0 Å². The molecule has 2 aromatic rings. The summed E-state index contributed by atoms with van der Waals surface area (Å²) in [5, 5.41) is 20.6. The Kier molecular flexibility index (Phi) is 3.32. The molecule has 0 amide bonds. The van der Waals surface area contributed by atoms with Crippen molar-refractivity contribution in [2.24, 2.45) is 0 Å². The Labute approximate surface area is 115 Å². The van der Waals surface area contributed by atoms with Crippen LogP contribution in [0, 0.1) is 10.1 Å². The number of hydrogen-bond donors (Lipinski definition) is 1. The number of halogens is 1. The summed E-state index contributed by atoms with van der Waals surface area (Å²) < 4.78 is 4.93. The Hall–Kier alpha value is -1.90. The van der Waals surface area contributed by atoms with E-state index < -0.39 is 10.9 Å². The van der Waals surface area contributed by atoms with E-state index in [0.717, 1.165) is 0 Å².